The summed E-state index contributed by atoms with van der Waals surface area (Å²) < 4.78 is 14.4. The quantitative estimate of drug-likeness (QED) is 0.831. The van der Waals surface area contributed by atoms with E-state index in [1.807, 2.05) is 0 Å². The summed E-state index contributed by atoms with van der Waals surface area (Å²) in [5.41, 5.74) is 0.586. The van der Waals surface area contributed by atoms with Gasteiger partial charge in [0.1, 0.15) is 5.82 Å². The molecule has 0 saturated carbocycles. The average Bonchev–Trinajstić information content (AvgIpc) is 3.04. The molecule has 1 unspecified atom stereocenters. The Hall–Kier alpha value is -0.690. The van der Waals surface area contributed by atoms with Crippen molar-refractivity contribution in [2.45, 2.75) is 12.8 Å². The van der Waals surface area contributed by atoms with Crippen LogP contribution in [0.3, 0.4) is 0 Å². The van der Waals surface area contributed by atoms with Gasteiger partial charge >= 0.3 is 0 Å². The predicted molar refractivity (Wildman–Crippen MR) is 91.0 cm³/mol. The molecule has 2 heterocycles. The van der Waals surface area contributed by atoms with Crippen molar-refractivity contribution < 1.29 is 9.18 Å². The molecule has 2 saturated heterocycles. The van der Waals surface area contributed by atoms with Crippen molar-refractivity contribution >= 4 is 39.9 Å². The summed E-state index contributed by atoms with van der Waals surface area (Å²) in [5.74, 6) is -0.574. The van der Waals surface area contributed by atoms with Crippen LogP contribution in [0.15, 0.2) is 22.7 Å². The number of carbonyl (C=O) groups excluding carboxylic acids is 1. The number of hydrogen-bond donors (Lipinski definition) is 2. The molecular formula is C15H20BrClFN3O. The molecule has 0 aliphatic carbocycles. The lowest BCUT2D eigenvalue weighted by Crippen LogP contribution is -2.34. The Morgan fingerprint density at radius 3 is 2.95 bits per heavy atom. The van der Waals surface area contributed by atoms with Crippen LogP contribution < -0.4 is 10.6 Å². The SMILES string of the molecule is Cl.O=C(CN1CCC2(CCNC2)C1)Nc1ccc(Br)cc1F. The molecule has 2 fully saturated rings. The maximum atomic E-state index is 13.7. The Morgan fingerprint density at radius 2 is 2.27 bits per heavy atom. The lowest BCUT2D eigenvalue weighted by atomic mass is 9.87. The Morgan fingerprint density at radius 1 is 1.45 bits per heavy atom. The number of benzene rings is 1. The minimum absolute atomic E-state index is 0. The molecule has 2 aliphatic heterocycles. The highest BCUT2D eigenvalue weighted by Crippen LogP contribution is 2.35. The van der Waals surface area contributed by atoms with E-state index in [2.05, 4.69) is 31.5 Å². The first-order chi connectivity index (χ1) is 10.1. The summed E-state index contributed by atoms with van der Waals surface area (Å²) in [6.07, 6.45) is 2.33. The molecule has 122 valence electrons. The molecule has 2 aliphatic rings. The molecule has 4 nitrogen and oxygen atoms in total. The number of halogens is 3. The van der Waals surface area contributed by atoms with Crippen molar-refractivity contribution in [3.8, 4) is 0 Å². The number of hydrogen-bond acceptors (Lipinski definition) is 3. The third-order valence-corrected chi connectivity index (χ3v) is 4.92. The summed E-state index contributed by atoms with van der Waals surface area (Å²) in [6.45, 7) is 4.35. The molecular weight excluding hydrogens is 373 g/mol. The van der Waals surface area contributed by atoms with E-state index in [4.69, 9.17) is 0 Å². The highest BCUT2D eigenvalue weighted by Gasteiger charge is 2.40. The number of anilines is 1. The van der Waals surface area contributed by atoms with Crippen LogP contribution in [0.2, 0.25) is 0 Å². The minimum Gasteiger partial charge on any atom is -0.322 e. The lowest BCUT2D eigenvalue weighted by molar-refractivity contribution is -0.117. The van der Waals surface area contributed by atoms with Crippen molar-refractivity contribution in [3.63, 3.8) is 0 Å². The third-order valence-electron chi connectivity index (χ3n) is 4.42. The van der Waals surface area contributed by atoms with Crippen LogP contribution in [-0.4, -0.2) is 43.5 Å². The van der Waals surface area contributed by atoms with Gasteiger partial charge in [-0.2, -0.15) is 0 Å². The zero-order chi connectivity index (χ0) is 14.9. The Kier molecular flexibility index (Phi) is 5.82. The second-order valence-corrected chi connectivity index (χ2v) is 6.98. The van der Waals surface area contributed by atoms with Crippen LogP contribution in [0, 0.1) is 11.2 Å². The Labute approximate surface area is 144 Å². The maximum absolute atomic E-state index is 13.7. The van der Waals surface area contributed by atoms with E-state index in [0.717, 1.165) is 32.6 Å². The number of nitrogens with zero attached hydrogens (tertiary/aromatic N) is 1. The second-order valence-electron chi connectivity index (χ2n) is 6.06. The van der Waals surface area contributed by atoms with Gasteiger partial charge in [0, 0.05) is 17.6 Å². The first-order valence-corrected chi connectivity index (χ1v) is 8.04. The van der Waals surface area contributed by atoms with Gasteiger partial charge in [-0.05, 0) is 49.5 Å². The molecule has 1 aromatic rings. The van der Waals surface area contributed by atoms with Gasteiger partial charge in [-0.3, -0.25) is 9.69 Å². The van der Waals surface area contributed by atoms with Crippen LogP contribution in [0.4, 0.5) is 10.1 Å². The summed E-state index contributed by atoms with van der Waals surface area (Å²) in [7, 11) is 0. The molecule has 22 heavy (non-hydrogen) atoms. The molecule has 1 amide bonds. The van der Waals surface area contributed by atoms with Crippen LogP contribution in [-0.2, 0) is 4.79 Å². The number of amides is 1. The summed E-state index contributed by atoms with van der Waals surface area (Å²) in [4.78, 5) is 14.2. The first kappa shape index (κ1) is 17.7. The molecule has 2 N–H and O–H groups in total. The molecule has 0 bridgehead atoms. The van der Waals surface area contributed by atoms with Crippen LogP contribution >= 0.6 is 28.3 Å². The van der Waals surface area contributed by atoms with E-state index < -0.39 is 5.82 Å². The lowest BCUT2D eigenvalue weighted by Gasteiger charge is -2.22. The predicted octanol–water partition coefficient (Wildman–Crippen LogP) is 2.63. The fourth-order valence-electron chi connectivity index (χ4n) is 3.29. The number of likely N-dealkylation sites (tertiary alicyclic amines) is 1. The van der Waals surface area contributed by atoms with Crippen molar-refractivity contribution in [2.24, 2.45) is 5.41 Å². The molecule has 7 heteroatoms. The van der Waals surface area contributed by atoms with Gasteiger partial charge in [0.2, 0.25) is 5.91 Å². The van der Waals surface area contributed by atoms with Gasteiger partial charge in [0.15, 0.2) is 0 Å². The normalized spacial score (nSPS) is 24.5. The summed E-state index contributed by atoms with van der Waals surface area (Å²) >= 11 is 3.20. The maximum Gasteiger partial charge on any atom is 0.238 e. The summed E-state index contributed by atoms with van der Waals surface area (Å²) in [5, 5.41) is 6.05. The minimum atomic E-state index is -0.421. The highest BCUT2D eigenvalue weighted by atomic mass is 79.9. The number of carbonyl (C=O) groups is 1. The van der Waals surface area contributed by atoms with Crippen LogP contribution in [0.1, 0.15) is 12.8 Å². The number of nitrogens with one attached hydrogen (secondary N) is 2. The summed E-state index contributed by atoms with van der Waals surface area (Å²) in [6, 6.07) is 4.64. The van der Waals surface area contributed by atoms with E-state index >= 15 is 0 Å². The van der Waals surface area contributed by atoms with Gasteiger partial charge < -0.3 is 10.6 Å². The molecule has 1 atom stereocenters. The van der Waals surface area contributed by atoms with Crippen molar-refractivity contribution in [2.75, 3.05) is 38.0 Å². The third kappa shape index (κ3) is 3.98. The molecule has 3 rings (SSSR count). The van der Waals surface area contributed by atoms with Gasteiger partial charge in [-0.15, -0.1) is 12.4 Å². The Balaban J connectivity index is 0.00000176. The van der Waals surface area contributed by atoms with E-state index in [1.54, 1.807) is 12.1 Å². The van der Waals surface area contributed by atoms with Gasteiger partial charge in [0.25, 0.3) is 0 Å². The standard InChI is InChI=1S/C15H19BrFN3O.ClH/c16-11-1-2-13(12(17)7-11)19-14(21)8-20-6-4-15(10-20)3-5-18-9-15;/h1-2,7,18H,3-6,8-10H2,(H,19,21);1H. The smallest absolute Gasteiger partial charge is 0.238 e. The molecule has 1 spiro atoms. The fourth-order valence-corrected chi connectivity index (χ4v) is 3.62. The van der Waals surface area contributed by atoms with E-state index in [-0.39, 0.29) is 24.0 Å². The Bertz CT molecular complexity index is 552. The number of rotatable bonds is 3. The van der Waals surface area contributed by atoms with E-state index in [1.165, 1.54) is 12.5 Å². The van der Waals surface area contributed by atoms with Crippen molar-refractivity contribution in [1.29, 1.82) is 0 Å². The van der Waals surface area contributed by atoms with E-state index in [9.17, 15) is 9.18 Å². The van der Waals surface area contributed by atoms with Crippen LogP contribution in [0.5, 0.6) is 0 Å². The zero-order valence-electron chi connectivity index (χ0n) is 12.2. The van der Waals surface area contributed by atoms with Crippen LogP contribution in [0.25, 0.3) is 0 Å². The first-order valence-electron chi connectivity index (χ1n) is 7.24. The highest BCUT2D eigenvalue weighted by molar-refractivity contribution is 9.10. The van der Waals surface area contributed by atoms with Crippen molar-refractivity contribution in [3.05, 3.63) is 28.5 Å². The molecule has 0 aromatic heterocycles. The average molecular weight is 393 g/mol. The zero-order valence-corrected chi connectivity index (χ0v) is 14.6. The fraction of sp³-hybridized carbons (Fsp3) is 0.533. The van der Waals surface area contributed by atoms with Gasteiger partial charge in [-0.25, -0.2) is 4.39 Å². The molecule has 0 radical (unpaired) electrons. The van der Waals surface area contributed by atoms with Crippen molar-refractivity contribution in [1.82, 2.24) is 10.2 Å². The van der Waals surface area contributed by atoms with Gasteiger partial charge in [0.05, 0.1) is 12.2 Å². The second kappa shape index (κ2) is 7.25. The largest absolute Gasteiger partial charge is 0.322 e. The topological polar surface area (TPSA) is 44.4 Å². The van der Waals surface area contributed by atoms with E-state index in [0.29, 0.717) is 16.4 Å². The monoisotopic (exact) mass is 391 g/mol. The molecule has 1 aromatic carbocycles. The van der Waals surface area contributed by atoms with Gasteiger partial charge in [-0.1, -0.05) is 15.9 Å².